The lowest BCUT2D eigenvalue weighted by molar-refractivity contribution is 1.14. The second-order valence-electron chi connectivity index (χ2n) is 11.8. The van der Waals surface area contributed by atoms with Gasteiger partial charge >= 0.3 is 0 Å². The van der Waals surface area contributed by atoms with Crippen molar-refractivity contribution in [2.45, 2.75) is 45.9 Å². The number of rotatable bonds is 8. The van der Waals surface area contributed by atoms with Gasteiger partial charge in [0, 0.05) is 4.90 Å². The zero-order valence-electron chi connectivity index (χ0n) is 27.1. The van der Waals surface area contributed by atoms with Crippen LogP contribution in [0.3, 0.4) is 0 Å². The van der Waals surface area contributed by atoms with E-state index in [0.29, 0.717) is 0 Å². The number of hydrogen-bond acceptors (Lipinski definition) is 1. The molecule has 5 aromatic carbocycles. The van der Waals surface area contributed by atoms with E-state index in [1.807, 2.05) is 12.2 Å². The SMILES string of the molecule is C=C/C=C\C=C(\C)C/C(c1ccccc1)=c1/cc(-c2c(C)c(C)c(C)c(S)c2C)cc/c1=C\c1ccc(-c2ccccc2)cc1. The van der Waals surface area contributed by atoms with Crippen molar-refractivity contribution in [2.24, 2.45) is 0 Å². The summed E-state index contributed by atoms with van der Waals surface area (Å²) in [6.07, 6.45) is 11.2. The third-order valence-corrected chi connectivity index (χ3v) is 9.47. The third-order valence-electron chi connectivity index (χ3n) is 8.80. The minimum atomic E-state index is 0.825. The Morgan fingerprint density at radius 2 is 1.29 bits per heavy atom. The van der Waals surface area contributed by atoms with Crippen LogP contribution in [0.4, 0.5) is 0 Å². The fourth-order valence-corrected chi connectivity index (χ4v) is 6.35. The predicted octanol–water partition coefficient (Wildman–Crippen LogP) is 10.6. The molecule has 0 nitrogen and oxygen atoms in total. The van der Waals surface area contributed by atoms with E-state index in [0.717, 1.165) is 11.3 Å². The molecule has 0 aliphatic heterocycles. The molecule has 5 rings (SSSR count). The number of thiol groups is 1. The van der Waals surface area contributed by atoms with E-state index in [9.17, 15) is 0 Å². The van der Waals surface area contributed by atoms with Crippen molar-refractivity contribution in [3.05, 3.63) is 183 Å². The molecule has 0 atom stereocenters. The number of hydrogen-bond donors (Lipinski definition) is 1. The molecule has 0 aromatic heterocycles. The summed E-state index contributed by atoms with van der Waals surface area (Å²) in [5, 5.41) is 2.44. The van der Waals surface area contributed by atoms with Crippen LogP contribution in [0.2, 0.25) is 0 Å². The lowest BCUT2D eigenvalue weighted by Gasteiger charge is -2.19. The summed E-state index contributed by atoms with van der Waals surface area (Å²) in [5.74, 6) is 0. The molecule has 5 aromatic rings. The maximum absolute atomic E-state index is 4.95. The molecule has 0 fully saturated rings. The highest BCUT2D eigenvalue weighted by Crippen LogP contribution is 2.35. The highest BCUT2D eigenvalue weighted by Gasteiger charge is 2.15. The minimum absolute atomic E-state index is 0.825. The first-order valence-corrected chi connectivity index (χ1v) is 16.0. The average molecular weight is 603 g/mol. The van der Waals surface area contributed by atoms with E-state index in [4.69, 9.17) is 12.6 Å². The first kappa shape index (κ1) is 31.8. The summed E-state index contributed by atoms with van der Waals surface area (Å²) in [6, 6.07) is 37.2. The fourth-order valence-electron chi connectivity index (χ4n) is 6.07. The molecule has 0 saturated carbocycles. The van der Waals surface area contributed by atoms with Gasteiger partial charge < -0.3 is 0 Å². The first-order valence-electron chi connectivity index (χ1n) is 15.6. The van der Waals surface area contributed by atoms with Gasteiger partial charge in [0.1, 0.15) is 0 Å². The molecular formula is C44H42S. The Hall–Kier alpha value is -4.59. The molecule has 224 valence electrons. The van der Waals surface area contributed by atoms with Crippen molar-refractivity contribution in [1.29, 1.82) is 0 Å². The van der Waals surface area contributed by atoms with Crippen molar-refractivity contribution in [1.82, 2.24) is 0 Å². The monoisotopic (exact) mass is 602 g/mol. The van der Waals surface area contributed by atoms with Crippen molar-refractivity contribution in [3.63, 3.8) is 0 Å². The summed E-state index contributed by atoms with van der Waals surface area (Å²) in [6.45, 7) is 14.9. The van der Waals surface area contributed by atoms with Gasteiger partial charge in [0.2, 0.25) is 0 Å². The van der Waals surface area contributed by atoms with Gasteiger partial charge in [0.05, 0.1) is 0 Å². The van der Waals surface area contributed by atoms with E-state index in [1.165, 1.54) is 77.2 Å². The normalized spacial score (nSPS) is 12.9. The second kappa shape index (κ2) is 14.5. The maximum atomic E-state index is 4.95. The molecule has 0 heterocycles. The predicted molar refractivity (Wildman–Crippen MR) is 199 cm³/mol. The van der Waals surface area contributed by atoms with E-state index in [-0.39, 0.29) is 0 Å². The van der Waals surface area contributed by atoms with E-state index < -0.39 is 0 Å². The molecule has 0 bridgehead atoms. The molecule has 1 heteroatoms. The zero-order valence-corrected chi connectivity index (χ0v) is 28.0. The molecular weight excluding hydrogens is 561 g/mol. The Labute approximate surface area is 274 Å². The van der Waals surface area contributed by atoms with Gasteiger partial charge in [-0.25, -0.2) is 0 Å². The standard InChI is InChI=1S/C44H42S/c1-7-8-11-16-30(2)27-41(38-19-14-10-15-20-38)42-29-40(43-32(4)31(3)33(5)44(45)34(43)6)26-25-39(42)28-35-21-23-37(24-22-35)36-17-12-9-13-18-36/h7-26,28-29,45H,1,27H2,2-6H3/b11-8-,30-16-,39-28+,42-41+. The summed E-state index contributed by atoms with van der Waals surface area (Å²) in [7, 11) is 0. The summed E-state index contributed by atoms with van der Waals surface area (Å²) in [4.78, 5) is 1.07. The van der Waals surface area contributed by atoms with Crippen LogP contribution in [0.5, 0.6) is 0 Å². The first-order chi connectivity index (χ1) is 21.8. The maximum Gasteiger partial charge on any atom is 0.0108 e. The number of allylic oxidation sites excluding steroid dienone is 5. The lowest BCUT2D eigenvalue weighted by atomic mass is 9.88. The Morgan fingerprint density at radius 1 is 0.667 bits per heavy atom. The van der Waals surface area contributed by atoms with E-state index in [1.54, 1.807) is 0 Å². The van der Waals surface area contributed by atoms with Crippen molar-refractivity contribution in [2.75, 3.05) is 0 Å². The van der Waals surface area contributed by atoms with Gasteiger partial charge in [-0.1, -0.05) is 134 Å². The van der Waals surface area contributed by atoms with Crippen LogP contribution in [0.25, 0.3) is 33.9 Å². The Kier molecular flexibility index (Phi) is 10.2. The average Bonchev–Trinajstić information content (AvgIpc) is 3.07. The van der Waals surface area contributed by atoms with Crippen molar-refractivity contribution in [3.8, 4) is 22.3 Å². The van der Waals surface area contributed by atoms with Gasteiger partial charge in [-0.15, -0.1) is 12.6 Å². The fraction of sp³-hybridized carbons (Fsp3) is 0.136. The topological polar surface area (TPSA) is 0 Å². The van der Waals surface area contributed by atoms with Crippen LogP contribution in [0.1, 0.15) is 46.7 Å². The number of benzene rings is 5. The van der Waals surface area contributed by atoms with E-state index >= 15 is 0 Å². The molecule has 0 radical (unpaired) electrons. The van der Waals surface area contributed by atoms with Crippen LogP contribution in [-0.2, 0) is 0 Å². The van der Waals surface area contributed by atoms with Gasteiger partial charge in [-0.2, -0.15) is 0 Å². The smallest absolute Gasteiger partial charge is 0.0108 e. The van der Waals surface area contributed by atoms with Crippen LogP contribution in [0.15, 0.2) is 144 Å². The highest BCUT2D eigenvalue weighted by atomic mass is 32.1. The van der Waals surface area contributed by atoms with Gasteiger partial charge in [-0.05, 0) is 125 Å². The molecule has 45 heavy (non-hydrogen) atoms. The van der Waals surface area contributed by atoms with Crippen LogP contribution in [0, 0.1) is 27.7 Å². The third kappa shape index (κ3) is 7.22. The second-order valence-corrected chi connectivity index (χ2v) is 12.3. The Bertz CT molecular complexity index is 1980. The molecule has 0 aliphatic rings. The molecule has 0 aliphatic carbocycles. The largest absolute Gasteiger partial charge is 0.143 e. The molecule has 0 spiro atoms. The van der Waals surface area contributed by atoms with Crippen molar-refractivity contribution >= 4 is 24.3 Å². The van der Waals surface area contributed by atoms with Crippen LogP contribution < -0.4 is 10.4 Å². The summed E-state index contributed by atoms with van der Waals surface area (Å²) in [5.41, 5.74) is 15.0. The Balaban J connectivity index is 1.80. The zero-order chi connectivity index (χ0) is 31.9. The molecule has 0 unspecified atom stereocenters. The van der Waals surface area contributed by atoms with Crippen molar-refractivity contribution < 1.29 is 0 Å². The molecule has 0 amide bonds. The molecule has 0 N–H and O–H groups in total. The van der Waals surface area contributed by atoms with Crippen LogP contribution >= 0.6 is 12.6 Å². The van der Waals surface area contributed by atoms with Gasteiger partial charge in [0.25, 0.3) is 0 Å². The molecule has 0 saturated heterocycles. The summed E-state index contributed by atoms with van der Waals surface area (Å²) < 4.78 is 0. The van der Waals surface area contributed by atoms with E-state index in [2.05, 4.69) is 163 Å². The van der Waals surface area contributed by atoms with Gasteiger partial charge in [0.15, 0.2) is 0 Å². The lowest BCUT2D eigenvalue weighted by Crippen LogP contribution is -2.28. The quantitative estimate of drug-likeness (QED) is 0.133. The minimum Gasteiger partial charge on any atom is -0.143 e. The summed E-state index contributed by atoms with van der Waals surface area (Å²) >= 11 is 4.95. The van der Waals surface area contributed by atoms with Gasteiger partial charge in [-0.3, -0.25) is 0 Å². The van der Waals surface area contributed by atoms with Crippen LogP contribution in [-0.4, -0.2) is 0 Å². The Morgan fingerprint density at radius 3 is 1.96 bits per heavy atom. The highest BCUT2D eigenvalue weighted by molar-refractivity contribution is 7.80.